The van der Waals surface area contributed by atoms with Crippen LogP contribution in [0.15, 0.2) is 28.7 Å². The minimum absolute atomic E-state index is 0.217. The summed E-state index contributed by atoms with van der Waals surface area (Å²) in [6, 6.07) is 7.64. The van der Waals surface area contributed by atoms with Crippen LogP contribution >= 0.6 is 11.8 Å². The van der Waals surface area contributed by atoms with E-state index in [0.29, 0.717) is 29.6 Å². The predicted molar refractivity (Wildman–Crippen MR) is 99.2 cm³/mol. The van der Waals surface area contributed by atoms with Crippen molar-refractivity contribution in [2.75, 3.05) is 6.61 Å². The second-order valence-electron chi connectivity index (χ2n) is 6.83. The van der Waals surface area contributed by atoms with E-state index in [0.717, 1.165) is 10.9 Å². The standard InChI is InChI=1S/C20H22O5S/c21-19-17(10-11-23-19)25-20(22)18-15(12-26-13-6-2-1-3-7-13)14-8-4-5-9-16(14)24-18/h4-5,8-9,13,17H,1-3,6-7,10-12H2/t17-/m0/s1. The van der Waals surface area contributed by atoms with Gasteiger partial charge in [0.05, 0.1) is 6.61 Å². The van der Waals surface area contributed by atoms with Gasteiger partial charge in [-0.05, 0) is 18.9 Å². The number of fused-ring (bicyclic) bond motifs is 1. The highest BCUT2D eigenvalue weighted by Gasteiger charge is 2.33. The molecule has 5 nitrogen and oxygen atoms in total. The molecule has 0 unspecified atom stereocenters. The monoisotopic (exact) mass is 374 g/mol. The normalized spacial score (nSPS) is 21.1. The topological polar surface area (TPSA) is 65.7 Å². The van der Waals surface area contributed by atoms with Crippen molar-refractivity contribution < 1.29 is 23.5 Å². The van der Waals surface area contributed by atoms with E-state index < -0.39 is 18.0 Å². The summed E-state index contributed by atoms with van der Waals surface area (Å²) < 4.78 is 16.0. The molecular weight excluding hydrogens is 352 g/mol. The van der Waals surface area contributed by atoms with Gasteiger partial charge in [-0.2, -0.15) is 11.8 Å². The summed E-state index contributed by atoms with van der Waals surface area (Å²) >= 11 is 1.89. The Bertz CT molecular complexity index is 806. The summed E-state index contributed by atoms with van der Waals surface area (Å²) in [6.45, 7) is 0.293. The van der Waals surface area contributed by atoms with Gasteiger partial charge in [-0.25, -0.2) is 9.59 Å². The fourth-order valence-electron chi connectivity index (χ4n) is 3.61. The average Bonchev–Trinajstić information content (AvgIpc) is 3.24. The molecule has 0 amide bonds. The Morgan fingerprint density at radius 3 is 2.73 bits per heavy atom. The Hall–Kier alpha value is -1.95. The van der Waals surface area contributed by atoms with Crippen molar-refractivity contribution in [2.45, 2.75) is 55.6 Å². The van der Waals surface area contributed by atoms with E-state index in [4.69, 9.17) is 13.9 Å². The third kappa shape index (κ3) is 3.61. The highest BCUT2D eigenvalue weighted by Crippen LogP contribution is 2.35. The number of furan rings is 1. The summed E-state index contributed by atoms with van der Waals surface area (Å²) in [4.78, 5) is 24.3. The molecule has 1 saturated carbocycles. The average molecular weight is 374 g/mol. The first-order valence-electron chi connectivity index (χ1n) is 9.22. The van der Waals surface area contributed by atoms with E-state index in [9.17, 15) is 9.59 Å². The predicted octanol–water partition coefficient (Wildman–Crippen LogP) is 4.47. The van der Waals surface area contributed by atoms with Gasteiger partial charge in [0.15, 0.2) is 0 Å². The molecule has 2 heterocycles. The number of cyclic esters (lactones) is 1. The lowest BCUT2D eigenvalue weighted by atomic mass is 10.0. The van der Waals surface area contributed by atoms with Gasteiger partial charge in [0, 0.05) is 28.4 Å². The van der Waals surface area contributed by atoms with Crippen molar-refractivity contribution in [3.63, 3.8) is 0 Å². The number of carbonyl (C=O) groups excluding carboxylic acids is 2. The molecule has 6 heteroatoms. The summed E-state index contributed by atoms with van der Waals surface area (Å²) in [6.07, 6.45) is 5.92. The number of thioether (sulfide) groups is 1. The van der Waals surface area contributed by atoms with Gasteiger partial charge in [-0.1, -0.05) is 37.5 Å². The quantitative estimate of drug-likeness (QED) is 0.720. The minimum Gasteiger partial charge on any atom is -0.463 e. The molecule has 0 spiro atoms. The lowest BCUT2D eigenvalue weighted by Crippen LogP contribution is -2.23. The van der Waals surface area contributed by atoms with E-state index in [-0.39, 0.29) is 5.76 Å². The number of hydrogen-bond acceptors (Lipinski definition) is 6. The van der Waals surface area contributed by atoms with Gasteiger partial charge in [0.1, 0.15) is 5.58 Å². The third-order valence-corrected chi connectivity index (χ3v) is 6.43. The Morgan fingerprint density at radius 1 is 1.15 bits per heavy atom. The van der Waals surface area contributed by atoms with E-state index in [1.807, 2.05) is 36.0 Å². The zero-order valence-electron chi connectivity index (χ0n) is 14.6. The van der Waals surface area contributed by atoms with E-state index in [1.165, 1.54) is 32.1 Å². The van der Waals surface area contributed by atoms with Crippen LogP contribution in [-0.4, -0.2) is 29.9 Å². The SMILES string of the molecule is O=C(O[C@H]1CCOC1=O)c1oc2ccccc2c1CSC1CCCCC1. The molecule has 1 atom stereocenters. The summed E-state index contributed by atoms with van der Waals surface area (Å²) in [5.74, 6) is -0.132. The van der Waals surface area contributed by atoms with Crippen LogP contribution in [0.25, 0.3) is 11.0 Å². The second-order valence-corrected chi connectivity index (χ2v) is 8.12. The van der Waals surface area contributed by atoms with Gasteiger partial charge >= 0.3 is 11.9 Å². The molecule has 4 rings (SSSR count). The fraction of sp³-hybridized carbons (Fsp3) is 0.500. The van der Waals surface area contributed by atoms with Crippen LogP contribution in [0.4, 0.5) is 0 Å². The van der Waals surface area contributed by atoms with Crippen LogP contribution in [-0.2, 0) is 20.0 Å². The van der Waals surface area contributed by atoms with Gasteiger partial charge in [-0.15, -0.1) is 0 Å². The van der Waals surface area contributed by atoms with E-state index in [1.54, 1.807) is 0 Å². The third-order valence-electron chi connectivity index (χ3n) is 5.04. The zero-order valence-corrected chi connectivity index (χ0v) is 15.4. The van der Waals surface area contributed by atoms with Gasteiger partial charge in [0.2, 0.25) is 11.9 Å². The molecule has 2 aromatic rings. The van der Waals surface area contributed by atoms with Crippen molar-refractivity contribution >= 4 is 34.7 Å². The number of benzene rings is 1. The number of hydrogen-bond donors (Lipinski definition) is 0. The minimum atomic E-state index is -0.824. The molecule has 138 valence electrons. The van der Waals surface area contributed by atoms with Crippen LogP contribution in [0.1, 0.15) is 54.6 Å². The molecule has 1 aliphatic carbocycles. The highest BCUT2D eigenvalue weighted by atomic mass is 32.2. The number of ether oxygens (including phenoxy) is 2. The number of rotatable bonds is 5. The molecule has 2 fully saturated rings. The first-order chi connectivity index (χ1) is 12.7. The lowest BCUT2D eigenvalue weighted by Gasteiger charge is -2.20. The van der Waals surface area contributed by atoms with E-state index in [2.05, 4.69) is 0 Å². The van der Waals surface area contributed by atoms with Crippen LogP contribution in [0, 0.1) is 0 Å². The van der Waals surface area contributed by atoms with Crippen molar-refractivity contribution in [1.82, 2.24) is 0 Å². The molecule has 0 radical (unpaired) electrons. The van der Waals surface area contributed by atoms with Crippen LogP contribution in [0.2, 0.25) is 0 Å². The van der Waals surface area contributed by atoms with Crippen LogP contribution in [0.3, 0.4) is 0 Å². The van der Waals surface area contributed by atoms with Crippen molar-refractivity contribution in [3.05, 3.63) is 35.6 Å². The number of para-hydroxylation sites is 1. The molecule has 1 aliphatic heterocycles. The molecule has 26 heavy (non-hydrogen) atoms. The first kappa shape index (κ1) is 17.5. The van der Waals surface area contributed by atoms with Gasteiger partial charge < -0.3 is 13.9 Å². The maximum absolute atomic E-state index is 12.7. The van der Waals surface area contributed by atoms with Gasteiger partial charge in [0.25, 0.3) is 0 Å². The Labute approximate surface area is 156 Å². The maximum Gasteiger partial charge on any atom is 0.375 e. The molecule has 1 aromatic carbocycles. The smallest absolute Gasteiger partial charge is 0.375 e. The number of esters is 2. The molecule has 0 bridgehead atoms. The fourth-order valence-corrected chi connectivity index (χ4v) is 4.96. The molecule has 1 saturated heterocycles. The van der Waals surface area contributed by atoms with Gasteiger partial charge in [-0.3, -0.25) is 0 Å². The lowest BCUT2D eigenvalue weighted by molar-refractivity contribution is -0.145. The molecule has 0 N–H and O–H groups in total. The Kier molecular flexibility index (Phi) is 5.20. The highest BCUT2D eigenvalue weighted by molar-refractivity contribution is 7.99. The van der Waals surface area contributed by atoms with Crippen molar-refractivity contribution in [1.29, 1.82) is 0 Å². The maximum atomic E-state index is 12.7. The summed E-state index contributed by atoms with van der Waals surface area (Å²) in [5.41, 5.74) is 1.54. The molecule has 1 aromatic heterocycles. The Morgan fingerprint density at radius 2 is 1.96 bits per heavy atom. The van der Waals surface area contributed by atoms with Crippen molar-refractivity contribution in [3.8, 4) is 0 Å². The number of carbonyl (C=O) groups is 2. The molecule has 2 aliphatic rings. The zero-order chi connectivity index (χ0) is 17.9. The second kappa shape index (κ2) is 7.74. The summed E-state index contributed by atoms with van der Waals surface area (Å²) in [5, 5.41) is 1.57. The van der Waals surface area contributed by atoms with E-state index >= 15 is 0 Å². The first-order valence-corrected chi connectivity index (χ1v) is 10.3. The summed E-state index contributed by atoms with van der Waals surface area (Å²) in [7, 11) is 0. The molecular formula is C20H22O5S. The van der Waals surface area contributed by atoms with Crippen LogP contribution < -0.4 is 0 Å². The van der Waals surface area contributed by atoms with Crippen molar-refractivity contribution in [2.24, 2.45) is 0 Å². The largest absolute Gasteiger partial charge is 0.463 e. The Balaban J connectivity index is 1.56. The van der Waals surface area contributed by atoms with Crippen LogP contribution in [0.5, 0.6) is 0 Å².